The lowest BCUT2D eigenvalue weighted by atomic mass is 9.78. The van der Waals surface area contributed by atoms with Crippen molar-refractivity contribution >= 4 is 11.6 Å². The zero-order valence-corrected chi connectivity index (χ0v) is 20.1. The summed E-state index contributed by atoms with van der Waals surface area (Å²) in [5, 5.41) is 0. The van der Waals surface area contributed by atoms with E-state index in [1.807, 2.05) is 0 Å². The smallest absolute Gasteiger partial charge is 0.0211 e. The number of benzene rings is 3. The molecule has 0 nitrogen and oxygen atoms in total. The highest BCUT2D eigenvalue weighted by atomic mass is 14.3. The van der Waals surface area contributed by atoms with Gasteiger partial charge >= 0.3 is 0 Å². The SMILES string of the molecule is CC(C)c1cc(-c2c(C(C)(C)C)ccc3c2C=C(c2ccccc2)[CH]3)cc(C(C)C)c1. The van der Waals surface area contributed by atoms with Crippen LogP contribution in [0.1, 0.15) is 93.7 Å². The summed E-state index contributed by atoms with van der Waals surface area (Å²) in [6.45, 7) is 16.2. The van der Waals surface area contributed by atoms with Gasteiger partial charge in [0.15, 0.2) is 0 Å². The van der Waals surface area contributed by atoms with E-state index in [2.05, 4.69) is 122 Å². The molecule has 0 atom stereocenters. The molecule has 0 saturated carbocycles. The maximum absolute atomic E-state index is 2.43. The molecule has 0 aromatic heterocycles. The normalized spacial score (nSPS) is 13.6. The molecule has 4 rings (SSSR count). The molecule has 0 fully saturated rings. The molecule has 1 aliphatic rings. The minimum absolute atomic E-state index is 0.0690. The van der Waals surface area contributed by atoms with Crippen molar-refractivity contribution in [1.82, 2.24) is 0 Å². The minimum atomic E-state index is 0.0690. The Morgan fingerprint density at radius 1 is 0.677 bits per heavy atom. The summed E-state index contributed by atoms with van der Waals surface area (Å²) in [5.74, 6) is 1.02. The van der Waals surface area contributed by atoms with Crippen molar-refractivity contribution in [3.63, 3.8) is 0 Å². The predicted octanol–water partition coefficient (Wildman–Crippen LogP) is 9.00. The van der Waals surface area contributed by atoms with E-state index in [1.54, 1.807) is 0 Å². The highest BCUT2D eigenvalue weighted by Gasteiger charge is 2.26. The first-order chi connectivity index (χ1) is 14.6. The maximum atomic E-state index is 2.43. The van der Waals surface area contributed by atoms with E-state index in [-0.39, 0.29) is 5.41 Å². The molecule has 3 aromatic rings. The molecule has 1 aliphatic carbocycles. The Hall–Kier alpha value is -2.60. The van der Waals surface area contributed by atoms with Crippen LogP contribution in [0, 0.1) is 6.42 Å². The zero-order chi connectivity index (χ0) is 22.3. The van der Waals surface area contributed by atoms with Crippen molar-refractivity contribution in [1.29, 1.82) is 0 Å². The largest absolute Gasteiger partial charge is 0.0622 e. The van der Waals surface area contributed by atoms with Gasteiger partial charge in [-0.1, -0.05) is 109 Å². The average molecular weight is 408 g/mol. The number of hydrogen-bond donors (Lipinski definition) is 0. The number of rotatable bonds is 4. The Kier molecular flexibility index (Phi) is 5.69. The van der Waals surface area contributed by atoms with Crippen LogP contribution in [0.3, 0.4) is 0 Å². The second-order valence-corrected chi connectivity index (χ2v) is 10.5. The monoisotopic (exact) mass is 407 g/mol. The van der Waals surface area contributed by atoms with Crippen LogP contribution in [0.2, 0.25) is 0 Å². The van der Waals surface area contributed by atoms with Crippen LogP contribution in [0.25, 0.3) is 22.8 Å². The zero-order valence-electron chi connectivity index (χ0n) is 20.1. The van der Waals surface area contributed by atoms with Crippen LogP contribution in [-0.2, 0) is 5.41 Å². The fraction of sp³-hybridized carbons (Fsp3) is 0.323. The van der Waals surface area contributed by atoms with Crippen molar-refractivity contribution in [2.24, 2.45) is 0 Å². The van der Waals surface area contributed by atoms with Gasteiger partial charge in [0, 0.05) is 6.42 Å². The molecule has 0 aliphatic heterocycles. The van der Waals surface area contributed by atoms with Gasteiger partial charge < -0.3 is 0 Å². The van der Waals surface area contributed by atoms with Gasteiger partial charge in [0.1, 0.15) is 0 Å². The van der Waals surface area contributed by atoms with Gasteiger partial charge in [-0.15, -0.1) is 0 Å². The molecule has 0 N–H and O–H groups in total. The van der Waals surface area contributed by atoms with E-state index in [1.165, 1.54) is 50.1 Å². The summed E-state index contributed by atoms with van der Waals surface area (Å²) in [7, 11) is 0. The van der Waals surface area contributed by atoms with Crippen LogP contribution in [-0.4, -0.2) is 0 Å². The van der Waals surface area contributed by atoms with Gasteiger partial charge in [-0.2, -0.15) is 0 Å². The van der Waals surface area contributed by atoms with Crippen LogP contribution in [0.15, 0.2) is 60.7 Å². The molecule has 0 heterocycles. The molecule has 0 bridgehead atoms. The third-order valence-electron chi connectivity index (χ3n) is 6.40. The lowest BCUT2D eigenvalue weighted by molar-refractivity contribution is 0.592. The number of hydrogen-bond acceptors (Lipinski definition) is 0. The molecule has 0 saturated heterocycles. The highest BCUT2D eigenvalue weighted by molar-refractivity contribution is 5.99. The first-order valence-corrected chi connectivity index (χ1v) is 11.6. The summed E-state index contributed by atoms with van der Waals surface area (Å²) in [6, 6.07) is 22.6. The van der Waals surface area contributed by atoms with E-state index < -0.39 is 0 Å². The molecule has 0 amide bonds. The molecule has 0 spiro atoms. The molecular formula is C31H35. The van der Waals surface area contributed by atoms with Gasteiger partial charge in [-0.25, -0.2) is 0 Å². The average Bonchev–Trinajstić information content (AvgIpc) is 3.17. The summed E-state index contributed by atoms with van der Waals surface area (Å²) in [6.07, 6.45) is 4.74. The van der Waals surface area contributed by atoms with Crippen molar-refractivity contribution in [2.75, 3.05) is 0 Å². The van der Waals surface area contributed by atoms with E-state index in [9.17, 15) is 0 Å². The molecule has 0 unspecified atom stereocenters. The molecular weight excluding hydrogens is 372 g/mol. The molecule has 0 heteroatoms. The van der Waals surface area contributed by atoms with Crippen molar-refractivity contribution in [2.45, 2.75) is 65.7 Å². The van der Waals surface area contributed by atoms with E-state index >= 15 is 0 Å². The summed E-state index contributed by atoms with van der Waals surface area (Å²) in [5.41, 5.74) is 12.4. The Morgan fingerprint density at radius 2 is 1.29 bits per heavy atom. The van der Waals surface area contributed by atoms with Crippen LogP contribution < -0.4 is 0 Å². The third-order valence-corrected chi connectivity index (χ3v) is 6.40. The fourth-order valence-electron chi connectivity index (χ4n) is 4.50. The van der Waals surface area contributed by atoms with Crippen LogP contribution >= 0.6 is 0 Å². The fourth-order valence-corrected chi connectivity index (χ4v) is 4.50. The van der Waals surface area contributed by atoms with E-state index in [4.69, 9.17) is 0 Å². The summed E-state index contributed by atoms with van der Waals surface area (Å²) >= 11 is 0. The Morgan fingerprint density at radius 3 is 1.84 bits per heavy atom. The predicted molar refractivity (Wildman–Crippen MR) is 136 cm³/mol. The molecule has 3 aromatic carbocycles. The van der Waals surface area contributed by atoms with Gasteiger partial charge in [0.2, 0.25) is 0 Å². The first kappa shape index (κ1) is 21.6. The van der Waals surface area contributed by atoms with Crippen molar-refractivity contribution in [3.8, 4) is 11.1 Å². The number of fused-ring (bicyclic) bond motifs is 1. The molecule has 159 valence electrons. The van der Waals surface area contributed by atoms with Gasteiger partial charge in [-0.05, 0) is 73.4 Å². The lowest BCUT2D eigenvalue weighted by Gasteiger charge is -2.26. The molecule has 1 radical (unpaired) electrons. The van der Waals surface area contributed by atoms with Gasteiger partial charge in [0.05, 0.1) is 0 Å². The topological polar surface area (TPSA) is 0 Å². The van der Waals surface area contributed by atoms with Crippen molar-refractivity contribution < 1.29 is 0 Å². The standard InChI is InChI=1S/C31H35/c1-20(2)24-16-25(21(3)4)18-27(17-24)30-28-19-26(22-11-9-8-10-12-22)15-23(28)13-14-29(30)31(5,6)7/h8-21H,1-7H3. The second kappa shape index (κ2) is 8.15. The van der Waals surface area contributed by atoms with Gasteiger partial charge in [0.25, 0.3) is 0 Å². The minimum Gasteiger partial charge on any atom is -0.0622 e. The summed E-state index contributed by atoms with van der Waals surface area (Å²) in [4.78, 5) is 0. The van der Waals surface area contributed by atoms with Crippen LogP contribution in [0.4, 0.5) is 0 Å². The summed E-state index contributed by atoms with van der Waals surface area (Å²) < 4.78 is 0. The number of allylic oxidation sites excluding steroid dienone is 1. The lowest BCUT2D eigenvalue weighted by Crippen LogP contribution is -2.14. The van der Waals surface area contributed by atoms with Crippen LogP contribution in [0.5, 0.6) is 0 Å². The third kappa shape index (κ3) is 4.26. The highest BCUT2D eigenvalue weighted by Crippen LogP contribution is 2.44. The second-order valence-electron chi connectivity index (χ2n) is 10.5. The first-order valence-electron chi connectivity index (χ1n) is 11.6. The maximum Gasteiger partial charge on any atom is 0.0211 e. The van der Waals surface area contributed by atoms with Gasteiger partial charge in [-0.3, -0.25) is 0 Å². The van der Waals surface area contributed by atoms with Crippen molar-refractivity contribution in [3.05, 3.63) is 100 Å². The van der Waals surface area contributed by atoms with E-state index in [0.717, 1.165) is 0 Å². The van der Waals surface area contributed by atoms with E-state index in [0.29, 0.717) is 11.8 Å². The Labute approximate surface area is 189 Å². The Bertz CT molecular complexity index is 1090. The Balaban J connectivity index is 1.99. The molecule has 31 heavy (non-hydrogen) atoms. The quantitative estimate of drug-likeness (QED) is 0.405.